The van der Waals surface area contributed by atoms with Crippen molar-refractivity contribution < 1.29 is 14.3 Å². The highest BCUT2D eigenvalue weighted by Gasteiger charge is 2.40. The van der Waals surface area contributed by atoms with Crippen LogP contribution >= 0.6 is 75.8 Å². The van der Waals surface area contributed by atoms with Gasteiger partial charge < -0.3 is 4.74 Å². The highest BCUT2D eigenvalue weighted by atomic mass is 32.1. The second-order valence-electron chi connectivity index (χ2n) is 4.06. The Kier molecular flexibility index (Phi) is 10.9. The second kappa shape index (κ2) is 10.2. The van der Waals surface area contributed by atoms with Gasteiger partial charge >= 0.3 is 0 Å². The molecular weight excluding hydrogens is 361 g/mol. The van der Waals surface area contributed by atoms with Crippen molar-refractivity contribution in [3.8, 4) is 0 Å². The standard InChI is InChI=1S/C10H18O3S6/c11-8(18)3-13-10(9(12)19,1-6(16)4-14)2-7(17)5-15/h6-7,14-17H,1-5H2,(H,11,18)(H,12,19). The molecule has 0 heterocycles. The van der Waals surface area contributed by atoms with E-state index in [1.807, 2.05) is 0 Å². The number of carbonyl (C=O) groups is 2. The second-order valence-corrected chi connectivity index (χ2v) is 7.16. The van der Waals surface area contributed by atoms with Crippen LogP contribution < -0.4 is 0 Å². The van der Waals surface area contributed by atoms with Gasteiger partial charge in [-0.15, -0.1) is 25.3 Å². The van der Waals surface area contributed by atoms with E-state index >= 15 is 0 Å². The minimum absolute atomic E-state index is 0.157. The number of hydrogen-bond acceptors (Lipinski definition) is 7. The lowest BCUT2D eigenvalue weighted by atomic mass is 9.93. The minimum atomic E-state index is -1.22. The van der Waals surface area contributed by atoms with Crippen LogP contribution in [0.1, 0.15) is 12.8 Å². The van der Waals surface area contributed by atoms with Crippen LogP contribution in [0.3, 0.4) is 0 Å². The fourth-order valence-electron chi connectivity index (χ4n) is 1.53. The first kappa shape index (κ1) is 20.4. The van der Waals surface area contributed by atoms with E-state index in [9.17, 15) is 9.59 Å². The van der Waals surface area contributed by atoms with Gasteiger partial charge in [0.2, 0.25) is 10.2 Å². The van der Waals surface area contributed by atoms with Crippen LogP contribution in [-0.4, -0.2) is 44.4 Å². The van der Waals surface area contributed by atoms with E-state index in [1.165, 1.54) is 0 Å². The Morgan fingerprint density at radius 3 is 1.68 bits per heavy atom. The molecular formula is C10H18O3S6. The summed E-state index contributed by atoms with van der Waals surface area (Å²) in [6.45, 7) is -0.268. The summed E-state index contributed by atoms with van der Waals surface area (Å²) in [7, 11) is 0. The van der Waals surface area contributed by atoms with Gasteiger partial charge in [-0.05, 0) is 12.8 Å². The van der Waals surface area contributed by atoms with Crippen molar-refractivity contribution in [1.29, 1.82) is 0 Å². The molecule has 0 aromatic heterocycles. The summed E-state index contributed by atoms with van der Waals surface area (Å²) >= 11 is 24.4. The summed E-state index contributed by atoms with van der Waals surface area (Å²) in [5, 5.41) is -1.23. The first-order valence-electron chi connectivity index (χ1n) is 5.44. The molecule has 0 aliphatic rings. The predicted octanol–water partition coefficient (Wildman–Crippen LogP) is 1.89. The Bertz CT molecular complexity index is 300. The molecule has 9 heteroatoms. The molecule has 0 aliphatic carbocycles. The molecule has 0 aliphatic heterocycles. The van der Waals surface area contributed by atoms with Gasteiger partial charge in [0.1, 0.15) is 12.2 Å². The number of ether oxygens (including phenoxy) is 1. The van der Waals surface area contributed by atoms with Gasteiger partial charge in [-0.25, -0.2) is 0 Å². The summed E-state index contributed by atoms with van der Waals surface area (Å²) in [5.74, 6) is 0.949. The Balaban J connectivity index is 5.09. The van der Waals surface area contributed by atoms with Crippen LogP contribution in [0.25, 0.3) is 0 Å². The van der Waals surface area contributed by atoms with Gasteiger partial charge in [0, 0.05) is 22.0 Å². The summed E-state index contributed by atoms with van der Waals surface area (Å²) in [5.41, 5.74) is -1.22. The third-order valence-corrected chi connectivity index (χ3v) is 5.14. The van der Waals surface area contributed by atoms with Crippen LogP contribution in [0, 0.1) is 0 Å². The first-order chi connectivity index (χ1) is 8.77. The molecule has 0 aromatic carbocycles. The van der Waals surface area contributed by atoms with Crippen LogP contribution in [0.15, 0.2) is 0 Å². The van der Waals surface area contributed by atoms with Crippen molar-refractivity contribution in [2.45, 2.75) is 28.9 Å². The maximum Gasteiger partial charge on any atom is 0.217 e. The van der Waals surface area contributed by atoms with E-state index in [4.69, 9.17) is 4.74 Å². The van der Waals surface area contributed by atoms with Crippen LogP contribution in [0.4, 0.5) is 0 Å². The van der Waals surface area contributed by atoms with Crippen molar-refractivity contribution in [2.24, 2.45) is 0 Å². The predicted molar refractivity (Wildman–Crippen MR) is 99.2 cm³/mol. The van der Waals surface area contributed by atoms with E-state index in [0.717, 1.165) is 0 Å². The SMILES string of the molecule is O=C(S)COC(CC(S)CS)(CC(S)CS)C(=O)S. The van der Waals surface area contributed by atoms with Gasteiger partial charge in [-0.1, -0.05) is 0 Å². The maximum atomic E-state index is 11.9. The molecule has 0 spiro atoms. The molecule has 2 atom stereocenters. The topological polar surface area (TPSA) is 43.4 Å². The lowest BCUT2D eigenvalue weighted by Gasteiger charge is -2.34. The van der Waals surface area contributed by atoms with Crippen molar-refractivity contribution >= 4 is 86.0 Å². The Labute approximate surface area is 146 Å². The smallest absolute Gasteiger partial charge is 0.217 e. The Morgan fingerprint density at radius 2 is 1.42 bits per heavy atom. The summed E-state index contributed by atoms with van der Waals surface area (Å²) in [6.07, 6.45) is 0.599. The molecule has 0 N–H and O–H groups in total. The lowest BCUT2D eigenvalue weighted by Crippen LogP contribution is -2.45. The molecule has 0 radical (unpaired) electrons. The normalized spacial score (nSPS) is 17.6. The fourth-order valence-corrected chi connectivity index (χ4v) is 2.69. The third-order valence-electron chi connectivity index (χ3n) is 2.41. The highest BCUT2D eigenvalue weighted by Crippen LogP contribution is 2.31. The highest BCUT2D eigenvalue weighted by molar-refractivity contribution is 7.97. The van der Waals surface area contributed by atoms with Crippen LogP contribution in [0.2, 0.25) is 0 Å². The zero-order valence-electron chi connectivity index (χ0n) is 10.1. The minimum Gasteiger partial charge on any atom is -0.357 e. The number of hydrogen-bond donors (Lipinski definition) is 6. The Morgan fingerprint density at radius 1 is 1.00 bits per heavy atom. The van der Waals surface area contributed by atoms with Crippen molar-refractivity contribution in [2.75, 3.05) is 18.1 Å². The Hall–Kier alpha value is 1.40. The van der Waals surface area contributed by atoms with Gasteiger partial charge in [-0.2, -0.15) is 50.5 Å². The average Bonchev–Trinajstić information content (AvgIpc) is 2.35. The molecule has 0 saturated carbocycles. The molecule has 3 nitrogen and oxygen atoms in total. The molecule has 0 rings (SSSR count). The van der Waals surface area contributed by atoms with E-state index in [-0.39, 0.29) is 17.1 Å². The maximum absolute atomic E-state index is 11.9. The van der Waals surface area contributed by atoms with Crippen molar-refractivity contribution in [3.05, 3.63) is 0 Å². The summed E-state index contributed by atoms with van der Waals surface area (Å²) in [6, 6.07) is 0. The monoisotopic (exact) mass is 378 g/mol. The number of thiol groups is 6. The largest absolute Gasteiger partial charge is 0.357 e. The molecule has 0 amide bonds. The zero-order valence-corrected chi connectivity index (χ0v) is 15.5. The van der Waals surface area contributed by atoms with Crippen LogP contribution in [0.5, 0.6) is 0 Å². The van der Waals surface area contributed by atoms with Crippen molar-refractivity contribution in [1.82, 2.24) is 0 Å². The van der Waals surface area contributed by atoms with Crippen molar-refractivity contribution in [3.63, 3.8) is 0 Å². The quantitative estimate of drug-likeness (QED) is 0.329. The van der Waals surface area contributed by atoms with E-state index < -0.39 is 15.8 Å². The lowest BCUT2D eigenvalue weighted by molar-refractivity contribution is -0.140. The summed E-state index contributed by atoms with van der Waals surface area (Å²) < 4.78 is 5.48. The van der Waals surface area contributed by atoms with Gasteiger partial charge in [0.15, 0.2) is 0 Å². The average molecular weight is 379 g/mol. The summed E-state index contributed by atoms with van der Waals surface area (Å²) in [4.78, 5) is 22.8. The molecule has 112 valence electrons. The zero-order chi connectivity index (χ0) is 15.1. The molecule has 0 bridgehead atoms. The fraction of sp³-hybridized carbons (Fsp3) is 0.800. The van der Waals surface area contributed by atoms with Gasteiger partial charge in [0.25, 0.3) is 0 Å². The molecule has 2 unspecified atom stereocenters. The number of carbonyl (C=O) groups excluding carboxylic acids is 2. The van der Waals surface area contributed by atoms with Crippen LogP contribution in [-0.2, 0) is 14.3 Å². The molecule has 0 saturated heterocycles. The van der Waals surface area contributed by atoms with E-state index in [2.05, 4.69) is 75.8 Å². The van der Waals surface area contributed by atoms with E-state index in [0.29, 0.717) is 24.3 Å². The van der Waals surface area contributed by atoms with Gasteiger partial charge in [0.05, 0.1) is 0 Å². The molecule has 19 heavy (non-hydrogen) atoms. The molecule has 0 fully saturated rings. The molecule has 0 aromatic rings. The number of rotatable bonds is 10. The van der Waals surface area contributed by atoms with Gasteiger partial charge in [-0.3, -0.25) is 9.59 Å². The van der Waals surface area contributed by atoms with E-state index in [1.54, 1.807) is 0 Å². The third kappa shape index (κ3) is 7.82. The first-order valence-corrected chi connectivity index (χ1v) is 8.63.